The maximum absolute atomic E-state index is 13.5. The summed E-state index contributed by atoms with van der Waals surface area (Å²) in [5.41, 5.74) is 1.75. The number of hydrogen-bond donors (Lipinski definition) is 2. The van der Waals surface area contributed by atoms with Crippen molar-refractivity contribution in [2.75, 3.05) is 5.32 Å². The van der Waals surface area contributed by atoms with Crippen molar-refractivity contribution in [2.24, 2.45) is 5.41 Å². The van der Waals surface area contributed by atoms with E-state index in [-0.39, 0.29) is 28.8 Å². The monoisotopic (exact) mass is 469 g/mol. The van der Waals surface area contributed by atoms with Crippen molar-refractivity contribution in [2.45, 2.75) is 52.6 Å². The highest BCUT2D eigenvalue weighted by Gasteiger charge is 2.43. The third-order valence-corrected chi connectivity index (χ3v) is 6.18. The van der Waals surface area contributed by atoms with Crippen LogP contribution >= 0.6 is 0 Å². The Kier molecular flexibility index (Phi) is 5.87. The predicted molar refractivity (Wildman–Crippen MR) is 123 cm³/mol. The molecule has 1 aliphatic carbocycles. The molecule has 2 aliphatic rings. The Bertz CT molecular complexity index is 1220. The van der Waals surface area contributed by atoms with Crippen LogP contribution in [-0.4, -0.2) is 16.7 Å². The number of benzene rings is 1. The van der Waals surface area contributed by atoms with E-state index in [1.54, 1.807) is 25.3 Å². The molecule has 5 nitrogen and oxygen atoms in total. The van der Waals surface area contributed by atoms with Gasteiger partial charge < -0.3 is 10.6 Å². The standard InChI is InChI=1S/C26H26F3N3O2/c1-14-8-9-20(30-13-14)32-24(34)21-15(2)31-18-11-25(3,4)12-19(33)23(18)22(21)16-6-5-7-17(10-16)26(27,28)29/h5-10,13,22,31H,11-12H2,1-4H3,(H,30,32,34). The Labute approximate surface area is 196 Å². The molecule has 1 aromatic heterocycles. The molecule has 2 aromatic rings. The van der Waals surface area contributed by atoms with Crippen LogP contribution in [0.1, 0.15) is 56.2 Å². The second-order valence-electron chi connectivity index (χ2n) is 9.73. The van der Waals surface area contributed by atoms with E-state index in [1.807, 2.05) is 20.8 Å². The van der Waals surface area contributed by atoms with E-state index in [0.29, 0.717) is 29.2 Å². The zero-order valence-electron chi connectivity index (χ0n) is 19.4. The van der Waals surface area contributed by atoms with Crippen molar-refractivity contribution in [3.63, 3.8) is 0 Å². The summed E-state index contributed by atoms with van der Waals surface area (Å²) in [7, 11) is 0. The summed E-state index contributed by atoms with van der Waals surface area (Å²) in [5, 5.41) is 5.95. The first kappa shape index (κ1) is 23.7. The number of amides is 1. The van der Waals surface area contributed by atoms with Gasteiger partial charge in [0.15, 0.2) is 5.78 Å². The molecule has 0 fully saturated rings. The Morgan fingerprint density at radius 1 is 1.15 bits per heavy atom. The average Bonchev–Trinajstić information content (AvgIpc) is 2.73. The minimum absolute atomic E-state index is 0.174. The summed E-state index contributed by atoms with van der Waals surface area (Å²) in [6, 6.07) is 8.30. The van der Waals surface area contributed by atoms with Crippen molar-refractivity contribution in [3.05, 3.63) is 81.8 Å². The molecule has 4 rings (SSSR count). The van der Waals surface area contributed by atoms with Crippen LogP contribution in [-0.2, 0) is 15.8 Å². The Morgan fingerprint density at radius 2 is 1.88 bits per heavy atom. The van der Waals surface area contributed by atoms with Crippen molar-refractivity contribution in [1.29, 1.82) is 0 Å². The van der Waals surface area contributed by atoms with E-state index < -0.39 is 23.6 Å². The molecule has 0 spiro atoms. The molecule has 1 aliphatic heterocycles. The van der Waals surface area contributed by atoms with Gasteiger partial charge in [-0.3, -0.25) is 9.59 Å². The van der Waals surface area contributed by atoms with Gasteiger partial charge in [-0.15, -0.1) is 0 Å². The molecule has 1 amide bonds. The fourth-order valence-corrected chi connectivity index (χ4v) is 4.69. The maximum Gasteiger partial charge on any atom is 0.416 e. The minimum Gasteiger partial charge on any atom is -0.362 e. The number of aromatic nitrogens is 1. The van der Waals surface area contributed by atoms with E-state index in [4.69, 9.17) is 0 Å². The van der Waals surface area contributed by atoms with Gasteiger partial charge in [-0.2, -0.15) is 13.2 Å². The van der Waals surface area contributed by atoms with Crippen LogP contribution in [0.4, 0.5) is 19.0 Å². The largest absolute Gasteiger partial charge is 0.416 e. The third-order valence-electron chi connectivity index (χ3n) is 6.18. The number of aryl methyl sites for hydroxylation is 1. The molecule has 0 saturated carbocycles. The van der Waals surface area contributed by atoms with E-state index in [9.17, 15) is 22.8 Å². The second-order valence-corrected chi connectivity index (χ2v) is 9.73. The first-order valence-electron chi connectivity index (χ1n) is 11.0. The van der Waals surface area contributed by atoms with Crippen LogP contribution in [0.5, 0.6) is 0 Å². The van der Waals surface area contributed by atoms with Gasteiger partial charge in [0.25, 0.3) is 5.91 Å². The fourth-order valence-electron chi connectivity index (χ4n) is 4.69. The molecule has 0 saturated heterocycles. The minimum atomic E-state index is -4.55. The van der Waals surface area contributed by atoms with Gasteiger partial charge in [-0.25, -0.2) is 4.98 Å². The topological polar surface area (TPSA) is 71.1 Å². The number of halogens is 3. The smallest absolute Gasteiger partial charge is 0.362 e. The SMILES string of the molecule is CC1=C(C(=O)Nc2ccc(C)cn2)C(c2cccc(C(F)(F)F)c2)C2=C(CC(C)(C)CC2=O)N1. The number of ketones is 1. The van der Waals surface area contributed by atoms with E-state index >= 15 is 0 Å². The molecule has 2 heterocycles. The highest BCUT2D eigenvalue weighted by molar-refractivity contribution is 6.09. The number of alkyl halides is 3. The number of rotatable bonds is 3. The highest BCUT2D eigenvalue weighted by atomic mass is 19.4. The average molecular weight is 470 g/mol. The summed E-state index contributed by atoms with van der Waals surface area (Å²) in [5.74, 6) is -1.30. The summed E-state index contributed by atoms with van der Waals surface area (Å²) >= 11 is 0. The van der Waals surface area contributed by atoms with Crippen molar-refractivity contribution in [3.8, 4) is 0 Å². The number of nitrogens with one attached hydrogen (secondary N) is 2. The van der Waals surface area contributed by atoms with Crippen LogP contribution in [0.2, 0.25) is 0 Å². The van der Waals surface area contributed by atoms with Gasteiger partial charge in [0.1, 0.15) is 5.82 Å². The Balaban J connectivity index is 1.84. The lowest BCUT2D eigenvalue weighted by atomic mass is 9.68. The number of pyridine rings is 1. The molecular weight excluding hydrogens is 443 g/mol. The quantitative estimate of drug-likeness (QED) is 0.609. The molecule has 1 aromatic carbocycles. The Morgan fingerprint density at radius 3 is 2.53 bits per heavy atom. The van der Waals surface area contributed by atoms with Crippen molar-refractivity contribution < 1.29 is 22.8 Å². The first-order chi connectivity index (χ1) is 15.9. The van der Waals surface area contributed by atoms with E-state index in [0.717, 1.165) is 17.7 Å². The molecular formula is C26H26F3N3O2. The lowest BCUT2D eigenvalue weighted by Crippen LogP contribution is -2.39. The van der Waals surface area contributed by atoms with E-state index in [1.165, 1.54) is 12.1 Å². The lowest BCUT2D eigenvalue weighted by Gasteiger charge is -2.39. The van der Waals surface area contributed by atoms with Gasteiger partial charge >= 0.3 is 6.18 Å². The summed E-state index contributed by atoms with van der Waals surface area (Å²) in [4.78, 5) is 30.9. The van der Waals surface area contributed by atoms with Gasteiger partial charge in [-0.05, 0) is 48.9 Å². The highest BCUT2D eigenvalue weighted by Crippen LogP contribution is 2.47. The summed E-state index contributed by atoms with van der Waals surface area (Å²) in [6.45, 7) is 7.51. The number of dihydropyridines is 1. The van der Waals surface area contributed by atoms with Crippen LogP contribution < -0.4 is 10.6 Å². The number of nitrogens with zero attached hydrogens (tertiary/aromatic N) is 1. The Hall–Kier alpha value is -3.42. The van der Waals surface area contributed by atoms with Crippen molar-refractivity contribution >= 4 is 17.5 Å². The van der Waals surface area contributed by atoms with Gasteiger partial charge in [0.05, 0.1) is 5.56 Å². The molecule has 178 valence electrons. The number of Topliss-reactive ketones (excluding diaryl/α,β-unsaturated/α-hetero) is 1. The lowest BCUT2D eigenvalue weighted by molar-refractivity contribution is -0.137. The van der Waals surface area contributed by atoms with E-state index in [2.05, 4.69) is 15.6 Å². The van der Waals surface area contributed by atoms with Crippen molar-refractivity contribution in [1.82, 2.24) is 10.3 Å². The molecule has 0 radical (unpaired) electrons. The van der Waals surface area contributed by atoms with Crippen LogP contribution in [0.25, 0.3) is 0 Å². The zero-order valence-corrected chi connectivity index (χ0v) is 19.4. The number of allylic oxidation sites excluding steroid dienone is 3. The van der Waals surface area contributed by atoms with Crippen LogP contribution in [0, 0.1) is 12.3 Å². The number of carbonyl (C=O) groups excluding carboxylic acids is 2. The molecule has 8 heteroatoms. The molecule has 34 heavy (non-hydrogen) atoms. The predicted octanol–water partition coefficient (Wildman–Crippen LogP) is 5.65. The molecule has 1 unspecified atom stereocenters. The second kappa shape index (κ2) is 8.42. The zero-order chi connectivity index (χ0) is 24.8. The summed E-state index contributed by atoms with van der Waals surface area (Å²) in [6.07, 6.45) is -2.15. The van der Waals surface area contributed by atoms with Crippen LogP contribution in [0.3, 0.4) is 0 Å². The van der Waals surface area contributed by atoms with Gasteiger partial charge in [0, 0.05) is 41.1 Å². The summed E-state index contributed by atoms with van der Waals surface area (Å²) < 4.78 is 40.5. The van der Waals surface area contributed by atoms with Crippen LogP contribution in [0.15, 0.2) is 65.1 Å². The van der Waals surface area contributed by atoms with Gasteiger partial charge in [0.2, 0.25) is 0 Å². The molecule has 0 bridgehead atoms. The first-order valence-corrected chi connectivity index (χ1v) is 11.0. The number of hydrogen-bond acceptors (Lipinski definition) is 4. The molecule has 1 atom stereocenters. The number of anilines is 1. The maximum atomic E-state index is 13.5. The normalized spacial score (nSPS) is 20.1. The fraction of sp³-hybridized carbons (Fsp3) is 0.346. The third kappa shape index (κ3) is 4.62. The number of carbonyl (C=O) groups is 2. The van der Waals surface area contributed by atoms with Gasteiger partial charge in [-0.1, -0.05) is 38.1 Å². The molecule has 2 N–H and O–H groups in total.